The highest BCUT2D eigenvalue weighted by Gasteiger charge is 2.14. The highest BCUT2D eigenvalue weighted by Crippen LogP contribution is 2.08. The summed E-state index contributed by atoms with van der Waals surface area (Å²) in [6.07, 6.45) is 2.10. The molecule has 0 aliphatic heterocycles. The average molecular weight is 277 g/mol. The Morgan fingerprint density at radius 1 is 1.15 bits per heavy atom. The van der Waals surface area contributed by atoms with E-state index in [-0.39, 0.29) is 30.7 Å². The van der Waals surface area contributed by atoms with Gasteiger partial charge in [-0.25, -0.2) is 0 Å². The van der Waals surface area contributed by atoms with Gasteiger partial charge in [-0.1, -0.05) is 37.3 Å². The second kappa shape index (κ2) is 8.35. The first kappa shape index (κ1) is 16.2. The van der Waals surface area contributed by atoms with Crippen molar-refractivity contribution in [2.75, 3.05) is 0 Å². The molecule has 0 heterocycles. The summed E-state index contributed by atoms with van der Waals surface area (Å²) in [5, 5.41) is 11.6. The Morgan fingerprint density at radius 2 is 1.80 bits per heavy atom. The fraction of sp³-hybridized carbons (Fsp3) is 0.500. The van der Waals surface area contributed by atoms with Gasteiger partial charge in [0.2, 0.25) is 5.91 Å². The predicted octanol–water partition coefficient (Wildman–Crippen LogP) is 2.62. The lowest BCUT2D eigenvalue weighted by molar-refractivity contribution is -0.138. The average Bonchev–Trinajstić information content (AvgIpc) is 2.36. The monoisotopic (exact) mass is 277 g/mol. The lowest BCUT2D eigenvalue weighted by Crippen LogP contribution is -2.34. The lowest BCUT2D eigenvalue weighted by Gasteiger charge is -2.15. The minimum atomic E-state index is -0.859. The van der Waals surface area contributed by atoms with Crippen LogP contribution in [0.1, 0.15) is 38.7 Å². The van der Waals surface area contributed by atoms with Gasteiger partial charge in [0.05, 0.1) is 0 Å². The largest absolute Gasteiger partial charge is 0.481 e. The van der Waals surface area contributed by atoms with Gasteiger partial charge in [-0.15, -0.1) is 0 Å². The Morgan fingerprint density at radius 3 is 2.40 bits per heavy atom. The standard InChI is InChI=1S/C16H23NO3/c1-12(11-16(19)20)10-15(18)17-13(2)8-9-14-6-4-3-5-7-14/h3-7,12-13H,8-11H2,1-2H3,(H,17,18)(H,19,20). The van der Waals surface area contributed by atoms with Gasteiger partial charge >= 0.3 is 5.97 Å². The van der Waals surface area contributed by atoms with Crippen molar-refractivity contribution in [3.8, 4) is 0 Å². The summed E-state index contributed by atoms with van der Waals surface area (Å²) in [6.45, 7) is 3.75. The number of rotatable bonds is 8. The minimum Gasteiger partial charge on any atom is -0.481 e. The molecule has 2 atom stereocenters. The first-order valence-electron chi connectivity index (χ1n) is 7.02. The molecule has 1 rings (SSSR count). The maximum atomic E-state index is 11.8. The van der Waals surface area contributed by atoms with Crippen LogP contribution in [0.5, 0.6) is 0 Å². The molecule has 0 fully saturated rings. The number of hydrogen-bond acceptors (Lipinski definition) is 2. The van der Waals surface area contributed by atoms with Gasteiger partial charge in [0.1, 0.15) is 0 Å². The number of carbonyl (C=O) groups is 2. The van der Waals surface area contributed by atoms with Crippen molar-refractivity contribution in [2.45, 2.75) is 45.6 Å². The fourth-order valence-corrected chi connectivity index (χ4v) is 2.12. The molecule has 20 heavy (non-hydrogen) atoms. The SMILES string of the molecule is CC(CC(=O)O)CC(=O)NC(C)CCc1ccccc1. The Labute approximate surface area is 120 Å². The Balaban J connectivity index is 2.26. The van der Waals surface area contributed by atoms with Crippen molar-refractivity contribution in [1.29, 1.82) is 0 Å². The van der Waals surface area contributed by atoms with Crippen LogP contribution in [0.4, 0.5) is 0 Å². The van der Waals surface area contributed by atoms with Crippen LogP contribution < -0.4 is 5.32 Å². The van der Waals surface area contributed by atoms with E-state index in [0.717, 1.165) is 12.8 Å². The van der Waals surface area contributed by atoms with Crippen LogP contribution in [-0.4, -0.2) is 23.0 Å². The van der Waals surface area contributed by atoms with Crippen molar-refractivity contribution < 1.29 is 14.7 Å². The molecular weight excluding hydrogens is 254 g/mol. The van der Waals surface area contributed by atoms with E-state index in [1.54, 1.807) is 6.92 Å². The number of carboxylic acid groups (broad SMARTS) is 1. The van der Waals surface area contributed by atoms with Gasteiger partial charge in [0.15, 0.2) is 0 Å². The molecule has 1 aromatic carbocycles. The van der Waals surface area contributed by atoms with E-state index in [0.29, 0.717) is 0 Å². The smallest absolute Gasteiger partial charge is 0.303 e. The van der Waals surface area contributed by atoms with Gasteiger partial charge in [-0.05, 0) is 31.2 Å². The van der Waals surface area contributed by atoms with Crippen LogP contribution in [0, 0.1) is 5.92 Å². The topological polar surface area (TPSA) is 66.4 Å². The molecule has 0 bridgehead atoms. The number of aryl methyl sites for hydroxylation is 1. The number of aliphatic carboxylic acids is 1. The molecule has 0 spiro atoms. The number of carbonyl (C=O) groups excluding carboxylic acids is 1. The molecule has 0 saturated carbocycles. The highest BCUT2D eigenvalue weighted by atomic mass is 16.4. The zero-order valence-corrected chi connectivity index (χ0v) is 12.1. The van der Waals surface area contributed by atoms with Crippen molar-refractivity contribution in [3.63, 3.8) is 0 Å². The molecule has 0 radical (unpaired) electrons. The van der Waals surface area contributed by atoms with Gasteiger partial charge in [0.25, 0.3) is 0 Å². The van der Waals surface area contributed by atoms with Crippen LogP contribution in [0.2, 0.25) is 0 Å². The van der Waals surface area contributed by atoms with Gasteiger partial charge in [0, 0.05) is 18.9 Å². The normalized spacial score (nSPS) is 13.5. The molecule has 2 unspecified atom stereocenters. The molecule has 1 amide bonds. The second-order valence-corrected chi connectivity index (χ2v) is 5.40. The summed E-state index contributed by atoms with van der Waals surface area (Å²) < 4.78 is 0. The fourth-order valence-electron chi connectivity index (χ4n) is 2.12. The molecule has 0 aliphatic rings. The molecule has 1 aromatic rings. The number of hydrogen-bond donors (Lipinski definition) is 2. The molecule has 0 aromatic heterocycles. The van der Waals surface area contributed by atoms with E-state index in [1.165, 1.54) is 5.56 Å². The molecule has 4 heteroatoms. The molecular formula is C16H23NO3. The van der Waals surface area contributed by atoms with Crippen LogP contribution in [0.15, 0.2) is 30.3 Å². The van der Waals surface area contributed by atoms with Gasteiger partial charge in [-0.2, -0.15) is 0 Å². The quantitative estimate of drug-likeness (QED) is 0.767. The zero-order chi connectivity index (χ0) is 15.0. The van der Waals surface area contributed by atoms with E-state index < -0.39 is 5.97 Å². The van der Waals surface area contributed by atoms with E-state index in [2.05, 4.69) is 17.4 Å². The number of amides is 1. The van der Waals surface area contributed by atoms with E-state index in [4.69, 9.17) is 5.11 Å². The Bertz CT molecular complexity index is 431. The van der Waals surface area contributed by atoms with Crippen molar-refractivity contribution in [3.05, 3.63) is 35.9 Å². The number of carboxylic acids is 1. The van der Waals surface area contributed by atoms with Crippen molar-refractivity contribution in [1.82, 2.24) is 5.32 Å². The van der Waals surface area contributed by atoms with Crippen molar-refractivity contribution in [2.24, 2.45) is 5.92 Å². The Hall–Kier alpha value is -1.84. The summed E-state index contributed by atoms with van der Waals surface area (Å²) >= 11 is 0. The third kappa shape index (κ3) is 6.92. The van der Waals surface area contributed by atoms with Crippen LogP contribution in [0.25, 0.3) is 0 Å². The molecule has 4 nitrogen and oxygen atoms in total. The predicted molar refractivity (Wildman–Crippen MR) is 78.4 cm³/mol. The third-order valence-corrected chi connectivity index (χ3v) is 3.17. The first-order valence-corrected chi connectivity index (χ1v) is 7.02. The number of benzene rings is 1. The molecule has 2 N–H and O–H groups in total. The summed E-state index contributed by atoms with van der Waals surface area (Å²) in [7, 11) is 0. The van der Waals surface area contributed by atoms with Crippen LogP contribution in [0.3, 0.4) is 0 Å². The first-order chi connectivity index (χ1) is 9.47. The zero-order valence-electron chi connectivity index (χ0n) is 12.1. The maximum Gasteiger partial charge on any atom is 0.303 e. The summed E-state index contributed by atoms with van der Waals surface area (Å²) in [4.78, 5) is 22.3. The summed E-state index contributed by atoms with van der Waals surface area (Å²) in [5.41, 5.74) is 1.26. The summed E-state index contributed by atoms with van der Waals surface area (Å²) in [6, 6.07) is 10.2. The van der Waals surface area contributed by atoms with Crippen molar-refractivity contribution >= 4 is 11.9 Å². The number of nitrogens with one attached hydrogen (secondary N) is 1. The Kier molecular flexibility index (Phi) is 6.77. The summed E-state index contributed by atoms with van der Waals surface area (Å²) in [5.74, 6) is -1.06. The van der Waals surface area contributed by atoms with Gasteiger partial charge in [-0.3, -0.25) is 9.59 Å². The highest BCUT2D eigenvalue weighted by molar-refractivity contribution is 5.77. The molecule has 110 valence electrons. The lowest BCUT2D eigenvalue weighted by atomic mass is 10.0. The van der Waals surface area contributed by atoms with Crippen LogP contribution >= 0.6 is 0 Å². The van der Waals surface area contributed by atoms with E-state index >= 15 is 0 Å². The second-order valence-electron chi connectivity index (χ2n) is 5.40. The molecule has 0 aliphatic carbocycles. The third-order valence-electron chi connectivity index (χ3n) is 3.17. The molecule has 0 saturated heterocycles. The van der Waals surface area contributed by atoms with Crippen LogP contribution in [-0.2, 0) is 16.0 Å². The van der Waals surface area contributed by atoms with Gasteiger partial charge < -0.3 is 10.4 Å². The maximum absolute atomic E-state index is 11.8. The van der Waals surface area contributed by atoms with E-state index in [9.17, 15) is 9.59 Å². The minimum absolute atomic E-state index is 0.0335. The van der Waals surface area contributed by atoms with E-state index in [1.807, 2.05) is 25.1 Å².